The van der Waals surface area contributed by atoms with Crippen LogP contribution in [0.2, 0.25) is 0 Å². The van der Waals surface area contributed by atoms with Crippen LogP contribution in [0.15, 0.2) is 121 Å². The van der Waals surface area contributed by atoms with Gasteiger partial charge in [-0.25, -0.2) is 22.0 Å². The lowest BCUT2D eigenvalue weighted by atomic mass is 10.1. The minimum absolute atomic E-state index is 0.00746. The molecular weight excluding hydrogens is 973 g/mol. The third-order valence-electron chi connectivity index (χ3n) is 10.1. The van der Waals surface area contributed by atoms with Gasteiger partial charge < -0.3 is 16.4 Å². The number of nitrogens with zero attached hydrogens (tertiary/aromatic N) is 6. The average Bonchev–Trinajstić information content (AvgIpc) is 4.00. The second kappa shape index (κ2) is 20.8. The molecule has 4 N–H and O–H groups in total. The van der Waals surface area contributed by atoms with Crippen LogP contribution >= 0.6 is 0 Å². The first-order chi connectivity index (χ1) is 33.2. The fourth-order valence-corrected chi connectivity index (χ4v) is 6.63. The predicted octanol–water partition coefficient (Wildman–Crippen LogP) is 12.5. The predicted molar refractivity (Wildman–Crippen MR) is 233 cm³/mol. The number of nitrogens with two attached hydrogens (primary N) is 1. The van der Waals surface area contributed by atoms with Crippen LogP contribution in [0.3, 0.4) is 0 Å². The Hall–Kier alpha value is -8.18. The van der Waals surface area contributed by atoms with E-state index >= 15 is 0 Å². The molecule has 0 fully saturated rings. The molecule has 0 saturated carbocycles. The Morgan fingerprint density at radius 3 is 1.30 bits per heavy atom. The summed E-state index contributed by atoms with van der Waals surface area (Å²) in [6.07, 6.45) is -13.8. The number of carbonyl (C=O) groups is 1. The summed E-state index contributed by atoms with van der Waals surface area (Å²) in [5, 5.41) is 15.2. The number of hydrogen-bond acceptors (Lipinski definition) is 6. The number of hydrogen-bond donors (Lipinski definition) is 3. The van der Waals surface area contributed by atoms with Gasteiger partial charge in [-0.1, -0.05) is 30.3 Å². The Labute approximate surface area is 393 Å². The molecule has 0 aliphatic carbocycles. The molecule has 0 bridgehead atoms. The maximum atomic E-state index is 14.4. The number of benzene rings is 5. The topological polar surface area (TPSA) is 121 Å². The van der Waals surface area contributed by atoms with Crippen molar-refractivity contribution in [2.75, 3.05) is 16.4 Å². The van der Waals surface area contributed by atoms with Crippen molar-refractivity contribution in [1.29, 1.82) is 0 Å². The zero-order chi connectivity index (χ0) is 52.2. The molecule has 71 heavy (non-hydrogen) atoms. The van der Waals surface area contributed by atoms with Gasteiger partial charge in [0, 0.05) is 67.0 Å². The number of nitrogen functional groups attached to an aromatic ring is 1. The molecule has 8 rings (SSSR count). The largest absolute Gasteiger partial charge is 0.435 e. The van der Waals surface area contributed by atoms with Gasteiger partial charge in [0.05, 0.1) is 22.6 Å². The van der Waals surface area contributed by atoms with Crippen molar-refractivity contribution in [3.8, 4) is 33.8 Å². The lowest BCUT2D eigenvalue weighted by Gasteiger charge is -2.10. The van der Waals surface area contributed by atoms with E-state index in [0.717, 1.165) is 56.5 Å². The van der Waals surface area contributed by atoms with Gasteiger partial charge >= 0.3 is 18.5 Å². The van der Waals surface area contributed by atoms with Crippen molar-refractivity contribution in [3.63, 3.8) is 0 Å². The number of amides is 1. The van der Waals surface area contributed by atoms with Gasteiger partial charge in [-0.3, -0.25) is 18.8 Å². The first-order valence-corrected chi connectivity index (χ1v) is 20.2. The summed E-state index contributed by atoms with van der Waals surface area (Å²) in [7, 11) is 3.90. The molecule has 8 aromatic rings. The van der Waals surface area contributed by atoms with Crippen molar-refractivity contribution in [3.05, 3.63) is 179 Å². The summed E-state index contributed by atoms with van der Waals surface area (Å²) in [6.45, 7) is 0.148. The molecule has 372 valence electrons. The Kier molecular flexibility index (Phi) is 15.3. The highest BCUT2D eigenvalue weighted by Crippen LogP contribution is 2.36. The zero-order valence-electron chi connectivity index (χ0n) is 36.7. The molecular formula is C47H35F14N9O. The number of rotatable bonds is 8. The van der Waals surface area contributed by atoms with Crippen molar-refractivity contribution in [1.82, 2.24) is 29.3 Å². The average molecular weight is 1010 g/mol. The van der Waals surface area contributed by atoms with Crippen molar-refractivity contribution < 1.29 is 66.3 Å². The molecule has 3 aromatic heterocycles. The van der Waals surface area contributed by atoms with Crippen LogP contribution in [0.25, 0.3) is 33.8 Å². The number of carbonyl (C=O) groups excluding carboxylic acids is 1. The quantitative estimate of drug-likeness (QED) is 0.103. The smallest absolute Gasteiger partial charge is 0.399 e. The van der Waals surface area contributed by atoms with E-state index in [0.29, 0.717) is 11.3 Å². The van der Waals surface area contributed by atoms with Crippen LogP contribution < -0.4 is 16.4 Å². The molecule has 5 aromatic carbocycles. The molecule has 0 unspecified atom stereocenters. The molecule has 24 heteroatoms. The van der Waals surface area contributed by atoms with E-state index < -0.39 is 64.8 Å². The summed E-state index contributed by atoms with van der Waals surface area (Å²) >= 11 is 0. The Balaban J connectivity index is 0.000000178. The van der Waals surface area contributed by atoms with E-state index in [1.165, 1.54) is 81.8 Å². The highest BCUT2D eigenvalue weighted by molar-refractivity contribution is 6.04. The maximum Gasteiger partial charge on any atom is 0.435 e. The van der Waals surface area contributed by atoms with Crippen LogP contribution in [-0.4, -0.2) is 35.2 Å². The highest BCUT2D eigenvalue weighted by Gasteiger charge is 2.37. The summed E-state index contributed by atoms with van der Waals surface area (Å²) in [4.78, 5) is 12.1. The van der Waals surface area contributed by atoms with E-state index in [1.54, 1.807) is 18.2 Å². The minimum atomic E-state index is -4.65. The third kappa shape index (κ3) is 12.7. The second-order valence-electron chi connectivity index (χ2n) is 15.1. The summed E-state index contributed by atoms with van der Waals surface area (Å²) in [5.74, 6) is -4.15. The molecule has 0 atom stereocenters. The second-order valence-corrected chi connectivity index (χ2v) is 15.1. The van der Waals surface area contributed by atoms with Crippen LogP contribution in [0.5, 0.6) is 0 Å². The van der Waals surface area contributed by atoms with Crippen LogP contribution in [0.1, 0.15) is 33.0 Å². The van der Waals surface area contributed by atoms with Crippen molar-refractivity contribution in [2.45, 2.75) is 25.1 Å². The standard InChI is InChI=1S/C18H12F5N3O.C18H14F5N3.C11H9F4N3/c1-26-15(9-16(25-26)18(21,22)23)11-7-6-10(8-14(11)20)24-17(27)12-4-2-3-5-13(12)19;1-26-16(9-17(25-26)18(21,22)23)13-7-6-12(8-15(13)20)24-10-11-4-2-3-5-14(11)19;1-18-9(5-10(17-18)11(13,14)15)7-3-2-6(16)4-8(7)12/h2-9H,1H3,(H,24,27);2-9,24H,10H2,1H3;2-5H,16H2,1H3. The molecule has 0 spiro atoms. The normalized spacial score (nSPS) is 11.6. The summed E-state index contributed by atoms with van der Waals surface area (Å²) in [5.41, 5.74) is 2.77. The Bertz CT molecular complexity index is 3190. The van der Waals surface area contributed by atoms with Crippen molar-refractivity contribution >= 4 is 23.0 Å². The van der Waals surface area contributed by atoms with Gasteiger partial charge in [0.1, 0.15) is 29.1 Å². The number of aromatic nitrogens is 6. The lowest BCUT2D eigenvalue weighted by molar-refractivity contribution is -0.142. The first kappa shape index (κ1) is 52.2. The van der Waals surface area contributed by atoms with Gasteiger partial charge in [0.2, 0.25) is 0 Å². The van der Waals surface area contributed by atoms with Gasteiger partial charge in [-0.2, -0.15) is 54.8 Å². The molecule has 3 heterocycles. The fourth-order valence-electron chi connectivity index (χ4n) is 6.63. The molecule has 0 aliphatic heterocycles. The molecule has 0 aliphatic rings. The van der Waals surface area contributed by atoms with Crippen LogP contribution in [-0.2, 0) is 46.2 Å². The molecule has 1 amide bonds. The van der Waals surface area contributed by atoms with E-state index in [-0.39, 0.29) is 63.1 Å². The monoisotopic (exact) mass is 1010 g/mol. The van der Waals surface area contributed by atoms with Gasteiger partial charge in [-0.15, -0.1) is 0 Å². The van der Waals surface area contributed by atoms with Gasteiger partial charge in [-0.05, 0) is 91.0 Å². The van der Waals surface area contributed by atoms with E-state index in [4.69, 9.17) is 5.73 Å². The van der Waals surface area contributed by atoms with E-state index in [2.05, 4.69) is 25.9 Å². The maximum absolute atomic E-state index is 14.4. The number of nitrogens with one attached hydrogen (secondary N) is 2. The molecule has 0 saturated heterocycles. The molecule has 10 nitrogen and oxygen atoms in total. The van der Waals surface area contributed by atoms with Crippen molar-refractivity contribution in [2.24, 2.45) is 21.1 Å². The van der Waals surface area contributed by atoms with Crippen LogP contribution in [0, 0.1) is 29.1 Å². The van der Waals surface area contributed by atoms with Gasteiger partial charge in [0.25, 0.3) is 5.91 Å². The fraction of sp³-hybridized carbons (Fsp3) is 0.149. The van der Waals surface area contributed by atoms with Crippen LogP contribution in [0.4, 0.5) is 78.5 Å². The van der Waals surface area contributed by atoms with E-state index in [9.17, 15) is 66.3 Å². The molecule has 0 radical (unpaired) electrons. The summed E-state index contributed by atoms with van der Waals surface area (Å²) < 4.78 is 186. The minimum Gasteiger partial charge on any atom is -0.399 e. The van der Waals surface area contributed by atoms with E-state index in [1.807, 2.05) is 0 Å². The SMILES string of the molecule is Cn1nc(C(F)(F)F)cc1-c1ccc(N)cc1F.Cn1nc(C(F)(F)F)cc1-c1ccc(NC(=O)c2ccccc2F)cc1F.Cn1nc(C(F)(F)F)cc1-c1ccc(NCc2ccccc2F)cc1F. The number of anilines is 3. The summed E-state index contributed by atoms with van der Waals surface area (Å²) in [6, 6.07) is 25.0. The van der Waals surface area contributed by atoms with Gasteiger partial charge in [0.15, 0.2) is 17.1 Å². The highest BCUT2D eigenvalue weighted by atomic mass is 19.4. The number of alkyl halides is 9. The number of aryl methyl sites for hydroxylation is 3. The Morgan fingerprint density at radius 2 is 0.887 bits per heavy atom. The number of halogens is 14. The zero-order valence-corrected chi connectivity index (χ0v) is 36.7. The first-order valence-electron chi connectivity index (χ1n) is 20.2. The third-order valence-corrected chi connectivity index (χ3v) is 10.1. The Morgan fingerprint density at radius 1 is 0.493 bits per heavy atom. The lowest BCUT2D eigenvalue weighted by Crippen LogP contribution is -2.13.